The third-order valence-electron chi connectivity index (χ3n) is 4.47. The normalized spacial score (nSPS) is 11.0. The minimum atomic E-state index is -0.749. The number of likely N-dealkylation sites (N-methyl/N-ethyl adjacent to an activating group) is 1. The predicted molar refractivity (Wildman–Crippen MR) is 108 cm³/mol. The summed E-state index contributed by atoms with van der Waals surface area (Å²) in [6.45, 7) is 7.79. The first-order chi connectivity index (χ1) is 13.6. The van der Waals surface area contributed by atoms with Crippen molar-refractivity contribution in [3.8, 4) is 22.9 Å². The molecule has 8 heteroatoms. The number of aromatic nitrogens is 2. The number of carbonyl (C=O) groups is 1. The largest absolute Gasteiger partial charge is 0.492 e. The topological polar surface area (TPSA) is 106 Å². The van der Waals surface area contributed by atoms with Crippen LogP contribution >= 0.6 is 0 Å². The Bertz CT molecular complexity index is 936. The third-order valence-corrected chi connectivity index (χ3v) is 4.47. The van der Waals surface area contributed by atoms with E-state index >= 15 is 0 Å². The fraction of sp³-hybridized carbons (Fsp3) is 0.300. The summed E-state index contributed by atoms with van der Waals surface area (Å²) >= 11 is 0. The molecule has 0 aliphatic rings. The van der Waals surface area contributed by atoms with Gasteiger partial charge in [-0.2, -0.15) is 0 Å². The monoisotopic (exact) mass is 383 g/mol. The fourth-order valence-electron chi connectivity index (χ4n) is 2.92. The zero-order chi connectivity index (χ0) is 19.9. The highest BCUT2D eigenvalue weighted by molar-refractivity contribution is 5.87. The number of hydrogen-bond acceptors (Lipinski definition) is 6. The molecule has 0 radical (unpaired) electrons. The van der Waals surface area contributed by atoms with Crippen LogP contribution in [0.4, 0.5) is 4.79 Å². The zero-order valence-corrected chi connectivity index (χ0v) is 16.1. The van der Waals surface area contributed by atoms with Crippen molar-refractivity contribution in [2.24, 2.45) is 5.84 Å². The highest BCUT2D eigenvalue weighted by atomic mass is 16.6. The van der Waals surface area contributed by atoms with E-state index in [4.69, 9.17) is 15.3 Å². The minimum Gasteiger partial charge on any atom is -0.492 e. The van der Waals surface area contributed by atoms with Gasteiger partial charge < -0.3 is 19.4 Å². The molecule has 28 heavy (non-hydrogen) atoms. The number of nitrogens with two attached hydrogens (primary N) is 1. The predicted octanol–water partition coefficient (Wildman–Crippen LogP) is 2.91. The maximum Gasteiger partial charge on any atom is 0.426 e. The van der Waals surface area contributed by atoms with Crippen molar-refractivity contribution in [1.29, 1.82) is 0 Å². The molecule has 4 N–H and O–H groups in total. The number of imidazole rings is 1. The molecule has 1 aromatic heterocycles. The zero-order valence-electron chi connectivity index (χ0n) is 16.1. The molecule has 0 saturated carbocycles. The lowest BCUT2D eigenvalue weighted by Gasteiger charge is -2.18. The maximum absolute atomic E-state index is 11.4. The van der Waals surface area contributed by atoms with Gasteiger partial charge in [0.2, 0.25) is 0 Å². The summed E-state index contributed by atoms with van der Waals surface area (Å²) in [5.41, 5.74) is 4.13. The highest BCUT2D eigenvalue weighted by Crippen LogP contribution is 2.28. The lowest BCUT2D eigenvalue weighted by atomic mass is 10.2. The van der Waals surface area contributed by atoms with E-state index in [9.17, 15) is 4.79 Å². The van der Waals surface area contributed by atoms with E-state index in [1.807, 2.05) is 35.8 Å². The number of hydrazine groups is 1. The van der Waals surface area contributed by atoms with Crippen LogP contribution in [-0.4, -0.2) is 47.2 Å². The summed E-state index contributed by atoms with van der Waals surface area (Å²) in [5.74, 6) is 6.85. The Labute approximate surface area is 163 Å². The van der Waals surface area contributed by atoms with Gasteiger partial charge in [0.05, 0.1) is 5.52 Å². The Morgan fingerprint density at radius 1 is 1.21 bits per heavy atom. The van der Waals surface area contributed by atoms with Crippen molar-refractivity contribution in [2.45, 2.75) is 13.8 Å². The number of aromatic amines is 1. The number of nitrogens with one attached hydrogen (secondary N) is 2. The Hall–Kier alpha value is -3.10. The molecule has 1 amide bonds. The summed E-state index contributed by atoms with van der Waals surface area (Å²) in [4.78, 5) is 21.6. The SMILES string of the molecule is CCN(CC)CCOc1cccc(-c2nc3c(OC(=O)NN)cccc3[nH]2)c1. The van der Waals surface area contributed by atoms with E-state index < -0.39 is 6.09 Å². The first-order valence-corrected chi connectivity index (χ1v) is 9.27. The standard InChI is InChI=1S/C20H25N5O3/c1-3-25(4-2)11-12-27-15-8-5-7-14(13-15)19-22-16-9-6-10-17(18(16)23-19)28-20(26)24-21/h5-10,13H,3-4,11-12,21H2,1-2H3,(H,22,23)(H,24,26). The first-order valence-electron chi connectivity index (χ1n) is 9.27. The number of fused-ring (bicyclic) bond motifs is 1. The second kappa shape index (κ2) is 9.20. The summed E-state index contributed by atoms with van der Waals surface area (Å²) < 4.78 is 11.1. The number of para-hydroxylation sites is 1. The van der Waals surface area contributed by atoms with Crippen molar-refractivity contribution in [3.63, 3.8) is 0 Å². The van der Waals surface area contributed by atoms with E-state index in [0.717, 1.165) is 36.5 Å². The lowest BCUT2D eigenvalue weighted by molar-refractivity contribution is 0.201. The quantitative estimate of drug-likeness (QED) is 0.314. The van der Waals surface area contributed by atoms with Crippen LogP contribution in [0.3, 0.4) is 0 Å². The molecular formula is C20H25N5O3. The van der Waals surface area contributed by atoms with Gasteiger partial charge in [-0.15, -0.1) is 0 Å². The molecule has 0 bridgehead atoms. The van der Waals surface area contributed by atoms with Crippen LogP contribution in [0.1, 0.15) is 13.8 Å². The molecule has 148 valence electrons. The number of carbonyl (C=O) groups excluding carboxylic acids is 1. The average Bonchev–Trinajstić information content (AvgIpc) is 3.17. The number of amides is 1. The van der Waals surface area contributed by atoms with Crippen LogP contribution in [0.15, 0.2) is 42.5 Å². The van der Waals surface area contributed by atoms with Crippen molar-refractivity contribution in [2.75, 3.05) is 26.2 Å². The Kier molecular flexibility index (Phi) is 6.46. The third kappa shape index (κ3) is 4.59. The molecule has 0 aliphatic carbocycles. The first kappa shape index (κ1) is 19.7. The van der Waals surface area contributed by atoms with Crippen LogP contribution in [0.2, 0.25) is 0 Å². The molecule has 0 aliphatic heterocycles. The Morgan fingerprint density at radius 2 is 2.00 bits per heavy atom. The molecule has 0 atom stereocenters. The number of rotatable bonds is 8. The number of H-pyrrole nitrogens is 1. The van der Waals surface area contributed by atoms with Gasteiger partial charge in [0.25, 0.3) is 0 Å². The lowest BCUT2D eigenvalue weighted by Crippen LogP contribution is -2.32. The summed E-state index contributed by atoms with van der Waals surface area (Å²) in [7, 11) is 0. The van der Waals surface area contributed by atoms with Crippen LogP contribution in [0, 0.1) is 0 Å². The number of hydrogen-bond donors (Lipinski definition) is 3. The molecule has 1 heterocycles. The van der Waals surface area contributed by atoms with Gasteiger partial charge in [0, 0.05) is 12.1 Å². The average molecular weight is 383 g/mol. The molecule has 3 aromatic rings. The molecule has 3 rings (SSSR count). The van der Waals surface area contributed by atoms with E-state index in [2.05, 4.69) is 28.7 Å². The molecule has 0 saturated heterocycles. The Morgan fingerprint density at radius 3 is 2.75 bits per heavy atom. The van der Waals surface area contributed by atoms with Crippen molar-refractivity contribution >= 4 is 17.1 Å². The Balaban J connectivity index is 1.79. The van der Waals surface area contributed by atoms with Gasteiger partial charge >= 0.3 is 6.09 Å². The minimum absolute atomic E-state index is 0.328. The molecular weight excluding hydrogens is 358 g/mol. The van der Waals surface area contributed by atoms with Gasteiger partial charge in [0.15, 0.2) is 5.75 Å². The fourth-order valence-corrected chi connectivity index (χ4v) is 2.92. The van der Waals surface area contributed by atoms with Crippen molar-refractivity contribution in [3.05, 3.63) is 42.5 Å². The van der Waals surface area contributed by atoms with Gasteiger partial charge in [-0.05, 0) is 37.4 Å². The van der Waals surface area contributed by atoms with Gasteiger partial charge in [-0.3, -0.25) is 5.43 Å². The summed E-state index contributed by atoms with van der Waals surface area (Å²) in [6.07, 6.45) is -0.749. The van der Waals surface area contributed by atoms with Crippen LogP contribution in [-0.2, 0) is 0 Å². The highest BCUT2D eigenvalue weighted by Gasteiger charge is 2.13. The van der Waals surface area contributed by atoms with Crippen LogP contribution in [0.25, 0.3) is 22.4 Å². The maximum atomic E-state index is 11.4. The number of nitrogens with zero attached hydrogens (tertiary/aromatic N) is 2. The molecule has 2 aromatic carbocycles. The van der Waals surface area contributed by atoms with Gasteiger partial charge in [0.1, 0.15) is 23.7 Å². The smallest absolute Gasteiger partial charge is 0.426 e. The molecule has 0 unspecified atom stereocenters. The van der Waals surface area contributed by atoms with Crippen molar-refractivity contribution in [1.82, 2.24) is 20.3 Å². The molecule has 0 spiro atoms. The second-order valence-corrected chi connectivity index (χ2v) is 6.17. The molecule has 0 fully saturated rings. The molecule has 8 nitrogen and oxygen atoms in total. The van der Waals surface area contributed by atoms with Gasteiger partial charge in [-0.1, -0.05) is 32.0 Å². The van der Waals surface area contributed by atoms with E-state index in [1.165, 1.54) is 0 Å². The summed E-state index contributed by atoms with van der Waals surface area (Å²) in [6, 6.07) is 13.0. The van der Waals surface area contributed by atoms with Crippen LogP contribution < -0.4 is 20.7 Å². The van der Waals surface area contributed by atoms with E-state index in [-0.39, 0.29) is 0 Å². The number of ether oxygens (including phenoxy) is 2. The van der Waals surface area contributed by atoms with Crippen LogP contribution in [0.5, 0.6) is 11.5 Å². The second-order valence-electron chi connectivity index (χ2n) is 6.17. The van der Waals surface area contributed by atoms with E-state index in [1.54, 1.807) is 12.1 Å². The summed E-state index contributed by atoms with van der Waals surface area (Å²) in [5, 5.41) is 0. The van der Waals surface area contributed by atoms with Gasteiger partial charge in [-0.25, -0.2) is 15.6 Å². The van der Waals surface area contributed by atoms with Crippen molar-refractivity contribution < 1.29 is 14.3 Å². The number of benzene rings is 2. The van der Waals surface area contributed by atoms with E-state index in [0.29, 0.717) is 23.7 Å².